The van der Waals surface area contributed by atoms with Gasteiger partial charge in [0.15, 0.2) is 12.2 Å². The van der Waals surface area contributed by atoms with Crippen LogP contribution >= 0.6 is 0 Å². The zero-order valence-electron chi connectivity index (χ0n) is 33.0. The van der Waals surface area contributed by atoms with Crippen molar-refractivity contribution in [3.05, 3.63) is 109 Å². The number of fused-ring (bicyclic) bond motifs is 3. The molecule has 0 N–H and O–H groups in total. The van der Waals surface area contributed by atoms with Crippen molar-refractivity contribution < 1.29 is 66.7 Å². The Morgan fingerprint density at radius 3 is 1.35 bits per heavy atom. The molecule has 2 saturated heterocycles. The molecule has 0 spiro atoms. The lowest BCUT2D eigenvalue weighted by Crippen LogP contribution is -2.36. The lowest BCUT2D eigenvalue weighted by molar-refractivity contribution is -0.138. The van der Waals surface area contributed by atoms with Crippen LogP contribution in [-0.4, -0.2) is 86.7 Å². The molecule has 4 aromatic carbocycles. The molecule has 60 heavy (non-hydrogen) atoms. The van der Waals surface area contributed by atoms with Crippen LogP contribution in [0.4, 0.5) is 0 Å². The summed E-state index contributed by atoms with van der Waals surface area (Å²) in [6.07, 6.45) is 3.82. The SMILES string of the molecule is C=CC(=O)OCCCCCC(=O)Oc1ccc2cc(C(=O)O[C@@H]3COC4C3OC[C@H]4OC(=O)c3ccc4cc(OC(=O)CCCCCOC(=O)C=C)ccc4c3)ccc2c1. The smallest absolute Gasteiger partial charge is 0.338 e. The molecule has 14 nitrogen and oxygen atoms in total. The molecule has 0 aromatic heterocycles. The van der Waals surface area contributed by atoms with Crippen molar-refractivity contribution in [1.29, 1.82) is 0 Å². The van der Waals surface area contributed by atoms with Crippen LogP contribution in [0.15, 0.2) is 98.1 Å². The second-order valence-electron chi connectivity index (χ2n) is 14.2. The Bertz CT molecular complexity index is 2090. The molecule has 314 valence electrons. The Kier molecular flexibility index (Phi) is 15.2. The van der Waals surface area contributed by atoms with Crippen molar-refractivity contribution >= 4 is 57.4 Å². The van der Waals surface area contributed by atoms with Crippen LogP contribution < -0.4 is 9.47 Å². The minimum atomic E-state index is -0.719. The maximum atomic E-state index is 13.2. The number of rotatable bonds is 20. The molecule has 0 aliphatic carbocycles. The second-order valence-corrected chi connectivity index (χ2v) is 14.2. The van der Waals surface area contributed by atoms with E-state index >= 15 is 0 Å². The number of ether oxygens (including phenoxy) is 8. The highest BCUT2D eigenvalue weighted by Gasteiger charge is 2.51. The van der Waals surface area contributed by atoms with E-state index in [2.05, 4.69) is 13.2 Å². The van der Waals surface area contributed by atoms with Gasteiger partial charge in [0, 0.05) is 25.0 Å². The molecule has 2 heterocycles. The first kappa shape index (κ1) is 43.2. The Hall–Kier alpha value is -6.38. The predicted molar refractivity (Wildman–Crippen MR) is 216 cm³/mol. The maximum Gasteiger partial charge on any atom is 0.338 e. The Morgan fingerprint density at radius 2 is 0.933 bits per heavy atom. The number of hydrogen-bond acceptors (Lipinski definition) is 14. The van der Waals surface area contributed by atoms with Crippen LogP contribution in [0.3, 0.4) is 0 Å². The van der Waals surface area contributed by atoms with E-state index in [1.165, 1.54) is 0 Å². The highest BCUT2D eigenvalue weighted by atomic mass is 16.7. The van der Waals surface area contributed by atoms with Gasteiger partial charge < -0.3 is 37.9 Å². The van der Waals surface area contributed by atoms with Gasteiger partial charge in [0.25, 0.3) is 0 Å². The maximum absolute atomic E-state index is 13.2. The average molecular weight is 823 g/mol. The number of carbonyl (C=O) groups excluding carboxylic acids is 6. The van der Waals surface area contributed by atoms with Crippen LogP contribution in [0.2, 0.25) is 0 Å². The van der Waals surface area contributed by atoms with Gasteiger partial charge in [0.1, 0.15) is 23.7 Å². The standard InChI is InChI=1S/C46H46O14/c1-3-39(47)53-21-9-5-7-11-41(49)57-35-19-17-29-23-33(15-13-31(29)25-35)45(51)59-37-27-55-44-38(28-56-43(37)44)60-46(52)34-16-14-32-26-36(20-18-30(32)24-34)58-42(50)12-8-6-10-22-54-40(48)4-2/h3-4,13-20,23-26,37-38,43-44H,1-2,5-12,21-22,27-28H2/t37-,38-,43?,44?/m1/s1. The van der Waals surface area contributed by atoms with Gasteiger partial charge in [-0.1, -0.05) is 37.4 Å². The number of benzene rings is 4. The van der Waals surface area contributed by atoms with Crippen LogP contribution in [0.5, 0.6) is 11.5 Å². The molecular weight excluding hydrogens is 776 g/mol. The molecule has 2 aliphatic heterocycles. The molecular formula is C46H46O14. The summed E-state index contributed by atoms with van der Waals surface area (Å²) >= 11 is 0. The molecule has 14 heteroatoms. The van der Waals surface area contributed by atoms with Crippen molar-refractivity contribution in [2.24, 2.45) is 0 Å². The first-order chi connectivity index (χ1) is 29.1. The highest BCUT2D eigenvalue weighted by molar-refractivity contribution is 5.97. The van der Waals surface area contributed by atoms with Crippen molar-refractivity contribution in [3.63, 3.8) is 0 Å². The molecule has 2 aliphatic rings. The largest absolute Gasteiger partial charge is 0.463 e. The van der Waals surface area contributed by atoms with E-state index in [1.54, 1.807) is 72.8 Å². The summed E-state index contributed by atoms with van der Waals surface area (Å²) in [5.74, 6) is -2.07. The molecule has 6 rings (SSSR count). The van der Waals surface area contributed by atoms with Gasteiger partial charge in [-0.25, -0.2) is 19.2 Å². The average Bonchev–Trinajstić information content (AvgIpc) is 3.85. The molecule has 0 saturated carbocycles. The summed E-state index contributed by atoms with van der Waals surface area (Å²) < 4.78 is 44.3. The third-order valence-corrected chi connectivity index (χ3v) is 9.91. The highest BCUT2D eigenvalue weighted by Crippen LogP contribution is 2.32. The molecule has 2 unspecified atom stereocenters. The normalized spacial score (nSPS) is 17.9. The number of carbonyl (C=O) groups is 6. The van der Waals surface area contributed by atoms with Gasteiger partial charge in [-0.15, -0.1) is 0 Å². The van der Waals surface area contributed by atoms with E-state index in [0.29, 0.717) is 61.2 Å². The summed E-state index contributed by atoms with van der Waals surface area (Å²) in [4.78, 5) is 73.3. The lowest BCUT2D eigenvalue weighted by Gasteiger charge is -2.17. The first-order valence-corrected chi connectivity index (χ1v) is 19.8. The third-order valence-electron chi connectivity index (χ3n) is 9.91. The van der Waals surface area contributed by atoms with E-state index < -0.39 is 48.3 Å². The summed E-state index contributed by atoms with van der Waals surface area (Å²) in [6, 6.07) is 20.3. The number of esters is 6. The Balaban J connectivity index is 0.937. The minimum Gasteiger partial charge on any atom is -0.463 e. The van der Waals surface area contributed by atoms with Gasteiger partial charge in [-0.2, -0.15) is 0 Å². The van der Waals surface area contributed by atoms with Crippen molar-refractivity contribution in [1.82, 2.24) is 0 Å². The summed E-state index contributed by atoms with van der Waals surface area (Å²) in [6.45, 7) is 7.36. The summed E-state index contributed by atoms with van der Waals surface area (Å²) in [5.41, 5.74) is 0.629. The fourth-order valence-electron chi connectivity index (χ4n) is 6.80. The van der Waals surface area contributed by atoms with Crippen molar-refractivity contribution in [3.8, 4) is 11.5 Å². The molecule has 2 fully saturated rings. The predicted octanol–water partition coefficient (Wildman–Crippen LogP) is 6.93. The fraction of sp³-hybridized carbons (Fsp3) is 0.348. The van der Waals surface area contributed by atoms with Crippen LogP contribution in [-0.2, 0) is 47.6 Å². The minimum absolute atomic E-state index is 0.0658. The summed E-state index contributed by atoms with van der Waals surface area (Å²) in [7, 11) is 0. The number of unbranched alkanes of at least 4 members (excludes halogenated alkanes) is 4. The van der Waals surface area contributed by atoms with E-state index in [4.69, 9.17) is 37.9 Å². The van der Waals surface area contributed by atoms with Gasteiger partial charge in [0.05, 0.1) is 37.6 Å². The zero-order chi connectivity index (χ0) is 42.4. The molecule has 0 radical (unpaired) electrons. The van der Waals surface area contributed by atoms with Crippen LogP contribution in [0.25, 0.3) is 21.5 Å². The van der Waals surface area contributed by atoms with E-state index in [1.807, 2.05) is 0 Å². The summed E-state index contributed by atoms with van der Waals surface area (Å²) in [5, 5.41) is 3.01. The van der Waals surface area contributed by atoms with Gasteiger partial charge in [-0.05, 0) is 109 Å². The Morgan fingerprint density at radius 1 is 0.533 bits per heavy atom. The molecule has 4 aromatic rings. The Labute approximate surface area is 346 Å². The molecule has 0 bridgehead atoms. The van der Waals surface area contributed by atoms with Gasteiger partial charge >= 0.3 is 35.8 Å². The monoisotopic (exact) mass is 822 g/mol. The van der Waals surface area contributed by atoms with Crippen molar-refractivity contribution in [2.45, 2.75) is 75.8 Å². The quantitative estimate of drug-likeness (QED) is 0.0295. The van der Waals surface area contributed by atoms with Crippen molar-refractivity contribution in [2.75, 3.05) is 26.4 Å². The van der Waals surface area contributed by atoms with Gasteiger partial charge in [0.2, 0.25) is 0 Å². The van der Waals surface area contributed by atoms with E-state index in [-0.39, 0.29) is 51.2 Å². The van der Waals surface area contributed by atoms with Crippen LogP contribution in [0.1, 0.15) is 72.1 Å². The molecule has 0 amide bonds. The lowest BCUT2D eigenvalue weighted by atomic mass is 10.1. The van der Waals surface area contributed by atoms with Gasteiger partial charge in [-0.3, -0.25) is 9.59 Å². The topological polar surface area (TPSA) is 176 Å². The van der Waals surface area contributed by atoms with Crippen LogP contribution in [0, 0.1) is 0 Å². The van der Waals surface area contributed by atoms with E-state index in [9.17, 15) is 28.8 Å². The zero-order valence-corrected chi connectivity index (χ0v) is 33.0. The first-order valence-electron chi connectivity index (χ1n) is 19.8. The third kappa shape index (κ3) is 11.9. The fourth-order valence-corrected chi connectivity index (χ4v) is 6.80. The second kappa shape index (κ2) is 21.0. The molecule has 4 atom stereocenters. The number of hydrogen-bond donors (Lipinski definition) is 0. The van der Waals surface area contributed by atoms with E-state index in [0.717, 1.165) is 33.7 Å².